The van der Waals surface area contributed by atoms with Crippen LogP contribution in [0.15, 0.2) is 53.0 Å². The van der Waals surface area contributed by atoms with Crippen LogP contribution in [0.3, 0.4) is 0 Å². The molecule has 2 aromatic carbocycles. The highest BCUT2D eigenvalue weighted by atomic mass is 79.9. The number of rotatable bonds is 5. The Bertz CT molecular complexity index is 701. The van der Waals surface area contributed by atoms with E-state index in [-0.39, 0.29) is 11.7 Å². The summed E-state index contributed by atoms with van der Waals surface area (Å²) in [6.07, 6.45) is 2.75. The van der Waals surface area contributed by atoms with Crippen LogP contribution in [0.1, 0.15) is 11.1 Å². The number of para-hydroxylation sites is 1. The van der Waals surface area contributed by atoms with Crippen molar-refractivity contribution in [3.8, 4) is 5.75 Å². The molecule has 1 amide bonds. The summed E-state index contributed by atoms with van der Waals surface area (Å²) in [4.78, 5) is 11.8. The molecular weight excluding hydrogens is 349 g/mol. The first kappa shape index (κ1) is 16.2. The highest BCUT2D eigenvalue weighted by Crippen LogP contribution is 2.17. The van der Waals surface area contributed by atoms with Gasteiger partial charge in [-0.1, -0.05) is 34.1 Å². The van der Waals surface area contributed by atoms with Gasteiger partial charge in [0.15, 0.2) is 0 Å². The summed E-state index contributed by atoms with van der Waals surface area (Å²) >= 11 is 3.27. The van der Waals surface area contributed by atoms with Gasteiger partial charge in [-0.15, -0.1) is 0 Å². The van der Waals surface area contributed by atoms with Gasteiger partial charge in [0.25, 0.3) is 0 Å². The van der Waals surface area contributed by atoms with Gasteiger partial charge >= 0.3 is 0 Å². The Labute approximate surface area is 136 Å². The van der Waals surface area contributed by atoms with Gasteiger partial charge in [-0.2, -0.15) is 0 Å². The van der Waals surface area contributed by atoms with Crippen LogP contribution >= 0.6 is 15.9 Å². The monoisotopic (exact) mass is 363 g/mol. The first-order chi connectivity index (χ1) is 10.6. The van der Waals surface area contributed by atoms with Crippen LogP contribution in [-0.4, -0.2) is 13.0 Å². The number of hydrogen-bond donors (Lipinski definition) is 1. The molecule has 0 saturated heterocycles. The summed E-state index contributed by atoms with van der Waals surface area (Å²) in [5.41, 5.74) is 1.22. The number of nitrogens with one attached hydrogen (secondary N) is 1. The molecule has 0 aliphatic carbocycles. The van der Waals surface area contributed by atoms with Gasteiger partial charge in [-0.3, -0.25) is 4.79 Å². The molecule has 22 heavy (non-hydrogen) atoms. The largest absolute Gasteiger partial charge is 0.496 e. The Kier molecular flexibility index (Phi) is 5.72. The van der Waals surface area contributed by atoms with E-state index in [1.807, 2.05) is 24.3 Å². The predicted molar refractivity (Wildman–Crippen MR) is 88.0 cm³/mol. The van der Waals surface area contributed by atoms with E-state index in [1.54, 1.807) is 19.2 Å². The summed E-state index contributed by atoms with van der Waals surface area (Å²) < 4.78 is 19.5. The Morgan fingerprint density at radius 1 is 1.32 bits per heavy atom. The molecule has 0 unspecified atom stereocenters. The third kappa shape index (κ3) is 4.43. The van der Waals surface area contributed by atoms with Crippen molar-refractivity contribution in [3.63, 3.8) is 0 Å². The van der Waals surface area contributed by atoms with Crippen LogP contribution in [0.2, 0.25) is 0 Å². The van der Waals surface area contributed by atoms with Crippen molar-refractivity contribution < 1.29 is 13.9 Å². The van der Waals surface area contributed by atoms with Crippen molar-refractivity contribution in [1.29, 1.82) is 0 Å². The van der Waals surface area contributed by atoms with Crippen molar-refractivity contribution in [2.24, 2.45) is 0 Å². The fourth-order valence-electron chi connectivity index (χ4n) is 1.90. The van der Waals surface area contributed by atoms with Crippen LogP contribution < -0.4 is 10.1 Å². The van der Waals surface area contributed by atoms with Crippen LogP contribution in [0.4, 0.5) is 4.39 Å². The minimum Gasteiger partial charge on any atom is -0.496 e. The fourth-order valence-corrected chi connectivity index (χ4v) is 2.28. The van der Waals surface area contributed by atoms with E-state index in [2.05, 4.69) is 21.2 Å². The molecule has 114 valence electrons. The fraction of sp³-hybridized carbons (Fsp3) is 0.118. The van der Waals surface area contributed by atoms with E-state index in [4.69, 9.17) is 4.74 Å². The maximum absolute atomic E-state index is 13.5. The zero-order chi connectivity index (χ0) is 15.9. The van der Waals surface area contributed by atoms with Crippen molar-refractivity contribution in [1.82, 2.24) is 5.32 Å². The van der Waals surface area contributed by atoms with Gasteiger partial charge in [0.2, 0.25) is 5.91 Å². The van der Waals surface area contributed by atoms with Gasteiger partial charge in [0, 0.05) is 28.2 Å². The minimum atomic E-state index is -0.378. The van der Waals surface area contributed by atoms with Crippen molar-refractivity contribution in [2.75, 3.05) is 7.11 Å². The van der Waals surface area contributed by atoms with Crippen LogP contribution in [0.25, 0.3) is 6.08 Å². The quantitative estimate of drug-likeness (QED) is 0.817. The molecule has 0 radical (unpaired) electrons. The first-order valence-corrected chi connectivity index (χ1v) is 7.42. The summed E-state index contributed by atoms with van der Waals surface area (Å²) in [6, 6.07) is 12.0. The lowest BCUT2D eigenvalue weighted by molar-refractivity contribution is -0.116. The molecule has 5 heteroatoms. The van der Waals surface area contributed by atoms with Crippen LogP contribution in [0, 0.1) is 5.82 Å². The van der Waals surface area contributed by atoms with E-state index < -0.39 is 0 Å². The first-order valence-electron chi connectivity index (χ1n) is 6.63. The van der Waals surface area contributed by atoms with E-state index in [9.17, 15) is 9.18 Å². The standard InChI is InChI=1S/C17H15BrFNO2/c1-22-16-5-3-2-4-13(16)11-20-17(21)9-6-12-10-14(18)7-8-15(12)19/h2-10H,11H2,1H3,(H,20,21)/b9-6+. The maximum atomic E-state index is 13.5. The van der Waals surface area contributed by atoms with E-state index in [1.165, 1.54) is 18.2 Å². The molecule has 2 aromatic rings. The van der Waals surface area contributed by atoms with Gasteiger partial charge < -0.3 is 10.1 Å². The zero-order valence-corrected chi connectivity index (χ0v) is 13.6. The Morgan fingerprint density at radius 2 is 2.09 bits per heavy atom. The summed E-state index contributed by atoms with van der Waals surface area (Å²) in [6.45, 7) is 0.341. The number of benzene rings is 2. The average Bonchev–Trinajstić information content (AvgIpc) is 2.54. The van der Waals surface area contributed by atoms with Gasteiger partial charge in [-0.05, 0) is 30.3 Å². The lowest BCUT2D eigenvalue weighted by Crippen LogP contribution is -2.20. The zero-order valence-electron chi connectivity index (χ0n) is 12.0. The van der Waals surface area contributed by atoms with Gasteiger partial charge in [0.1, 0.15) is 11.6 Å². The normalized spacial score (nSPS) is 10.7. The molecule has 0 aromatic heterocycles. The third-order valence-electron chi connectivity index (χ3n) is 3.02. The maximum Gasteiger partial charge on any atom is 0.244 e. The molecule has 0 heterocycles. The molecule has 0 saturated carbocycles. The molecule has 0 spiro atoms. The SMILES string of the molecule is COc1ccccc1CNC(=O)/C=C/c1cc(Br)ccc1F. The molecule has 0 atom stereocenters. The number of carbonyl (C=O) groups is 1. The Hall–Kier alpha value is -2.14. The predicted octanol–water partition coefficient (Wildman–Crippen LogP) is 3.93. The summed E-state index contributed by atoms with van der Waals surface area (Å²) in [5, 5.41) is 2.74. The highest BCUT2D eigenvalue weighted by molar-refractivity contribution is 9.10. The van der Waals surface area contributed by atoms with Crippen LogP contribution in [-0.2, 0) is 11.3 Å². The molecule has 1 N–H and O–H groups in total. The molecule has 3 nitrogen and oxygen atoms in total. The van der Waals surface area contributed by atoms with Crippen LogP contribution in [0.5, 0.6) is 5.75 Å². The number of hydrogen-bond acceptors (Lipinski definition) is 2. The number of amides is 1. The second kappa shape index (κ2) is 7.75. The Balaban J connectivity index is 1.98. The van der Waals surface area contributed by atoms with Crippen molar-refractivity contribution in [3.05, 3.63) is 70.0 Å². The third-order valence-corrected chi connectivity index (χ3v) is 3.51. The second-order valence-corrected chi connectivity index (χ2v) is 5.44. The topological polar surface area (TPSA) is 38.3 Å². The second-order valence-electron chi connectivity index (χ2n) is 4.53. The van der Waals surface area contributed by atoms with E-state index >= 15 is 0 Å². The smallest absolute Gasteiger partial charge is 0.244 e. The molecule has 0 bridgehead atoms. The van der Waals surface area contributed by atoms with Crippen molar-refractivity contribution >= 4 is 27.9 Å². The van der Waals surface area contributed by atoms with Crippen molar-refractivity contribution in [2.45, 2.75) is 6.54 Å². The number of ether oxygens (including phenoxy) is 1. The number of methoxy groups -OCH3 is 1. The molecule has 2 rings (SSSR count). The highest BCUT2D eigenvalue weighted by Gasteiger charge is 2.04. The summed E-state index contributed by atoms with van der Waals surface area (Å²) in [7, 11) is 1.58. The average molecular weight is 364 g/mol. The van der Waals surface area contributed by atoms with Gasteiger partial charge in [0.05, 0.1) is 7.11 Å². The molecule has 0 aliphatic rings. The Morgan fingerprint density at radius 3 is 2.86 bits per heavy atom. The number of halogens is 2. The lowest BCUT2D eigenvalue weighted by Gasteiger charge is -2.08. The minimum absolute atomic E-state index is 0.301. The number of carbonyl (C=O) groups excluding carboxylic acids is 1. The van der Waals surface area contributed by atoms with E-state index in [0.29, 0.717) is 17.9 Å². The molecule has 0 aliphatic heterocycles. The molecule has 0 fully saturated rings. The lowest BCUT2D eigenvalue weighted by atomic mass is 10.2. The molecular formula is C17H15BrFNO2. The van der Waals surface area contributed by atoms with E-state index in [0.717, 1.165) is 10.0 Å². The summed E-state index contributed by atoms with van der Waals surface area (Å²) in [5.74, 6) is 0.0343. The van der Waals surface area contributed by atoms with Gasteiger partial charge in [-0.25, -0.2) is 4.39 Å².